The Kier molecular flexibility index (Phi) is 6.09. The molecule has 1 amide bonds. The second-order valence-corrected chi connectivity index (χ2v) is 5.11. The maximum absolute atomic E-state index is 11.7. The standard InChI is InChI=1S/C14H19BrN2O/c1-4-8-16-14(18)11(3)17-10(2)12-6-5-7-13(15)9-12/h4-7,9-11,17H,1,8H2,2-3H3,(H,16,18). The molecule has 0 saturated carbocycles. The Morgan fingerprint density at radius 1 is 1.50 bits per heavy atom. The van der Waals surface area contributed by atoms with Crippen molar-refractivity contribution >= 4 is 21.8 Å². The highest BCUT2D eigenvalue weighted by atomic mass is 79.9. The molecule has 0 aliphatic rings. The minimum absolute atomic E-state index is 0.0169. The SMILES string of the molecule is C=CCNC(=O)C(C)NC(C)c1cccc(Br)c1. The van der Waals surface area contributed by atoms with Gasteiger partial charge in [0.05, 0.1) is 6.04 Å². The summed E-state index contributed by atoms with van der Waals surface area (Å²) in [5.41, 5.74) is 1.15. The monoisotopic (exact) mass is 310 g/mol. The van der Waals surface area contributed by atoms with Gasteiger partial charge >= 0.3 is 0 Å². The molecule has 1 aromatic rings. The molecule has 0 fully saturated rings. The lowest BCUT2D eigenvalue weighted by Gasteiger charge is -2.20. The van der Waals surface area contributed by atoms with Crippen LogP contribution < -0.4 is 10.6 Å². The summed E-state index contributed by atoms with van der Waals surface area (Å²) in [4.78, 5) is 11.7. The highest BCUT2D eigenvalue weighted by Gasteiger charge is 2.15. The van der Waals surface area contributed by atoms with Crippen LogP contribution in [0.4, 0.5) is 0 Å². The van der Waals surface area contributed by atoms with E-state index in [2.05, 4.69) is 33.1 Å². The molecular formula is C14H19BrN2O. The minimum Gasteiger partial charge on any atom is -0.351 e. The second-order valence-electron chi connectivity index (χ2n) is 4.20. The summed E-state index contributed by atoms with van der Waals surface area (Å²) < 4.78 is 1.04. The van der Waals surface area contributed by atoms with Crippen LogP contribution in [0.15, 0.2) is 41.4 Å². The first kappa shape index (κ1) is 14.9. The summed E-state index contributed by atoms with van der Waals surface area (Å²) in [6.45, 7) is 7.96. The van der Waals surface area contributed by atoms with Crippen molar-refractivity contribution in [3.05, 3.63) is 47.0 Å². The van der Waals surface area contributed by atoms with E-state index in [1.165, 1.54) is 0 Å². The lowest BCUT2D eigenvalue weighted by molar-refractivity contribution is -0.122. The number of halogens is 1. The van der Waals surface area contributed by atoms with Crippen molar-refractivity contribution in [3.8, 4) is 0 Å². The van der Waals surface area contributed by atoms with E-state index in [4.69, 9.17) is 0 Å². The fraction of sp³-hybridized carbons (Fsp3) is 0.357. The van der Waals surface area contributed by atoms with Crippen molar-refractivity contribution in [2.75, 3.05) is 6.54 Å². The van der Waals surface area contributed by atoms with E-state index in [0.29, 0.717) is 6.54 Å². The Balaban J connectivity index is 2.56. The third-order valence-electron chi connectivity index (χ3n) is 2.66. The lowest BCUT2D eigenvalue weighted by Crippen LogP contribution is -2.43. The van der Waals surface area contributed by atoms with E-state index in [-0.39, 0.29) is 18.0 Å². The smallest absolute Gasteiger partial charge is 0.237 e. The molecule has 0 aromatic heterocycles. The Hall–Kier alpha value is -1.13. The van der Waals surface area contributed by atoms with Gasteiger partial charge in [0.15, 0.2) is 0 Å². The number of hydrogen-bond acceptors (Lipinski definition) is 2. The first-order valence-corrected chi connectivity index (χ1v) is 6.74. The number of rotatable bonds is 6. The van der Waals surface area contributed by atoms with E-state index < -0.39 is 0 Å². The van der Waals surface area contributed by atoms with Crippen LogP contribution >= 0.6 is 15.9 Å². The van der Waals surface area contributed by atoms with Gasteiger partial charge in [-0.2, -0.15) is 0 Å². The highest BCUT2D eigenvalue weighted by molar-refractivity contribution is 9.10. The van der Waals surface area contributed by atoms with Gasteiger partial charge in [0.1, 0.15) is 0 Å². The summed E-state index contributed by atoms with van der Waals surface area (Å²) in [5, 5.41) is 6.04. The number of nitrogens with one attached hydrogen (secondary N) is 2. The summed E-state index contributed by atoms with van der Waals surface area (Å²) in [6.07, 6.45) is 1.67. The quantitative estimate of drug-likeness (QED) is 0.793. The number of hydrogen-bond donors (Lipinski definition) is 2. The van der Waals surface area contributed by atoms with Crippen molar-refractivity contribution in [3.63, 3.8) is 0 Å². The zero-order chi connectivity index (χ0) is 13.5. The predicted molar refractivity (Wildman–Crippen MR) is 78.4 cm³/mol. The van der Waals surface area contributed by atoms with E-state index in [9.17, 15) is 4.79 Å². The summed E-state index contributed by atoms with van der Waals surface area (Å²) >= 11 is 3.44. The van der Waals surface area contributed by atoms with E-state index in [0.717, 1.165) is 10.0 Å². The number of benzene rings is 1. The topological polar surface area (TPSA) is 41.1 Å². The number of carbonyl (C=O) groups excluding carboxylic acids is 1. The van der Waals surface area contributed by atoms with Crippen molar-refractivity contribution < 1.29 is 4.79 Å². The third kappa shape index (κ3) is 4.63. The van der Waals surface area contributed by atoms with E-state index >= 15 is 0 Å². The molecular weight excluding hydrogens is 292 g/mol. The van der Waals surface area contributed by atoms with Gasteiger partial charge in [-0.05, 0) is 31.5 Å². The normalized spacial score (nSPS) is 13.7. The molecule has 0 spiro atoms. The van der Waals surface area contributed by atoms with Crippen LogP contribution in [0, 0.1) is 0 Å². The fourth-order valence-electron chi connectivity index (χ4n) is 1.65. The molecule has 0 heterocycles. The van der Waals surface area contributed by atoms with Gasteiger partial charge < -0.3 is 5.32 Å². The lowest BCUT2D eigenvalue weighted by atomic mass is 10.1. The molecule has 0 aliphatic heterocycles. The van der Waals surface area contributed by atoms with Crippen LogP contribution in [-0.4, -0.2) is 18.5 Å². The molecule has 18 heavy (non-hydrogen) atoms. The van der Waals surface area contributed by atoms with Gasteiger partial charge in [0, 0.05) is 17.1 Å². The summed E-state index contributed by atoms with van der Waals surface area (Å²) in [7, 11) is 0. The average Bonchev–Trinajstić information content (AvgIpc) is 2.35. The number of carbonyl (C=O) groups is 1. The van der Waals surface area contributed by atoms with Crippen molar-refractivity contribution in [2.24, 2.45) is 0 Å². The van der Waals surface area contributed by atoms with E-state index in [1.807, 2.05) is 38.1 Å². The Labute approximate surface area is 117 Å². The van der Waals surface area contributed by atoms with Gasteiger partial charge in [-0.25, -0.2) is 0 Å². The molecule has 1 rings (SSSR count). The molecule has 0 radical (unpaired) electrons. The van der Waals surface area contributed by atoms with Gasteiger partial charge in [-0.15, -0.1) is 6.58 Å². The summed E-state index contributed by atoms with van der Waals surface area (Å²) in [6, 6.07) is 7.94. The molecule has 3 nitrogen and oxygen atoms in total. The molecule has 0 bridgehead atoms. The van der Waals surface area contributed by atoms with Crippen LogP contribution in [-0.2, 0) is 4.79 Å². The van der Waals surface area contributed by atoms with Crippen LogP contribution in [0.3, 0.4) is 0 Å². The highest BCUT2D eigenvalue weighted by Crippen LogP contribution is 2.18. The average molecular weight is 311 g/mol. The van der Waals surface area contributed by atoms with Crippen LogP contribution in [0.25, 0.3) is 0 Å². The van der Waals surface area contributed by atoms with Crippen LogP contribution in [0.1, 0.15) is 25.5 Å². The fourth-order valence-corrected chi connectivity index (χ4v) is 2.07. The zero-order valence-corrected chi connectivity index (χ0v) is 12.3. The van der Waals surface area contributed by atoms with Gasteiger partial charge in [-0.3, -0.25) is 10.1 Å². The maximum atomic E-state index is 11.7. The molecule has 0 aliphatic carbocycles. The molecule has 4 heteroatoms. The van der Waals surface area contributed by atoms with Crippen molar-refractivity contribution in [1.29, 1.82) is 0 Å². The maximum Gasteiger partial charge on any atom is 0.237 e. The first-order chi connectivity index (χ1) is 8.54. The largest absolute Gasteiger partial charge is 0.351 e. The van der Waals surface area contributed by atoms with Crippen LogP contribution in [0.5, 0.6) is 0 Å². The van der Waals surface area contributed by atoms with Crippen molar-refractivity contribution in [2.45, 2.75) is 25.9 Å². The van der Waals surface area contributed by atoms with Gasteiger partial charge in [0.2, 0.25) is 5.91 Å². The van der Waals surface area contributed by atoms with Gasteiger partial charge in [-0.1, -0.05) is 34.1 Å². The second kappa shape index (κ2) is 7.34. The molecule has 2 atom stereocenters. The minimum atomic E-state index is -0.237. The Morgan fingerprint density at radius 3 is 2.83 bits per heavy atom. The van der Waals surface area contributed by atoms with Crippen molar-refractivity contribution in [1.82, 2.24) is 10.6 Å². The molecule has 1 aromatic carbocycles. The molecule has 98 valence electrons. The third-order valence-corrected chi connectivity index (χ3v) is 3.16. The Morgan fingerprint density at radius 2 is 2.22 bits per heavy atom. The summed E-state index contributed by atoms with van der Waals surface area (Å²) in [5.74, 6) is -0.0169. The Bertz CT molecular complexity index is 420. The van der Waals surface area contributed by atoms with Gasteiger partial charge in [0.25, 0.3) is 0 Å². The van der Waals surface area contributed by atoms with Crippen LogP contribution in [0.2, 0.25) is 0 Å². The molecule has 2 unspecified atom stereocenters. The first-order valence-electron chi connectivity index (χ1n) is 5.94. The zero-order valence-electron chi connectivity index (χ0n) is 10.7. The van der Waals surface area contributed by atoms with E-state index in [1.54, 1.807) is 6.08 Å². The predicted octanol–water partition coefficient (Wildman–Crippen LogP) is 2.79. The number of amides is 1. The molecule has 2 N–H and O–H groups in total. The molecule has 0 saturated heterocycles.